The predicted octanol–water partition coefficient (Wildman–Crippen LogP) is 1.65. The Labute approximate surface area is 125 Å². The minimum absolute atomic E-state index is 0.297. The first-order chi connectivity index (χ1) is 9.67. The maximum Gasteiger partial charge on any atom is 0.228 e. The first-order valence-corrected chi connectivity index (χ1v) is 8.40. The predicted molar refractivity (Wildman–Crippen MR) is 84.5 cm³/mol. The van der Waals surface area contributed by atoms with Gasteiger partial charge >= 0.3 is 0 Å². The zero-order chi connectivity index (χ0) is 14.8. The van der Waals surface area contributed by atoms with Gasteiger partial charge in [0.1, 0.15) is 0 Å². The highest BCUT2D eigenvalue weighted by atomic mass is 32.2. The van der Waals surface area contributed by atoms with Gasteiger partial charge in [0.15, 0.2) is 11.8 Å². The molecule has 7 heteroatoms. The van der Waals surface area contributed by atoms with Gasteiger partial charge in [-0.25, -0.2) is 0 Å². The molecule has 0 aliphatic carbocycles. The molecule has 20 heavy (non-hydrogen) atoms. The first kappa shape index (κ1) is 16.8. The van der Waals surface area contributed by atoms with Crippen LogP contribution in [0.2, 0.25) is 0 Å². The van der Waals surface area contributed by atoms with E-state index in [1.807, 2.05) is 0 Å². The van der Waals surface area contributed by atoms with E-state index in [1.165, 1.54) is 0 Å². The quantitative estimate of drug-likeness (QED) is 0.432. The third-order valence-electron chi connectivity index (χ3n) is 2.54. The van der Waals surface area contributed by atoms with Gasteiger partial charge in [-0.2, -0.15) is 16.7 Å². The summed E-state index contributed by atoms with van der Waals surface area (Å²) in [5.41, 5.74) is 0. The maximum absolute atomic E-state index is 5.20. The van der Waals surface area contributed by atoms with E-state index < -0.39 is 0 Å². The van der Waals surface area contributed by atoms with Crippen LogP contribution in [0.15, 0.2) is 9.52 Å². The largest absolute Gasteiger partial charge is 0.357 e. The Hall–Kier alpha value is -1.24. The van der Waals surface area contributed by atoms with Crippen molar-refractivity contribution in [2.75, 3.05) is 31.6 Å². The lowest BCUT2D eigenvalue weighted by Gasteiger charge is -2.09. The molecule has 0 aliphatic heterocycles. The lowest BCUT2D eigenvalue weighted by molar-refractivity contribution is 0.371. The fourth-order valence-corrected chi connectivity index (χ4v) is 1.76. The van der Waals surface area contributed by atoms with Gasteiger partial charge in [-0.15, -0.1) is 0 Å². The fraction of sp³-hybridized carbons (Fsp3) is 0.769. The van der Waals surface area contributed by atoms with Crippen molar-refractivity contribution in [3.63, 3.8) is 0 Å². The number of nitrogens with one attached hydrogen (secondary N) is 2. The van der Waals surface area contributed by atoms with Crippen molar-refractivity contribution in [2.45, 2.75) is 33.1 Å². The highest BCUT2D eigenvalue weighted by molar-refractivity contribution is 7.98. The minimum atomic E-state index is 0.297. The summed E-state index contributed by atoms with van der Waals surface area (Å²) >= 11 is 1.79. The van der Waals surface area contributed by atoms with Crippen LogP contribution >= 0.6 is 11.8 Å². The number of aromatic nitrogens is 2. The Morgan fingerprint density at radius 3 is 2.80 bits per heavy atom. The standard InChI is InChI=1S/C13H25N5OS/c1-5-14-13(16-8-9-20-4)15-7-6-11-17-12(10(2)3)18-19-11/h10H,5-9H2,1-4H3,(H2,14,15,16). The van der Waals surface area contributed by atoms with E-state index in [9.17, 15) is 0 Å². The third-order valence-corrected chi connectivity index (χ3v) is 3.13. The molecule has 0 radical (unpaired) electrons. The van der Waals surface area contributed by atoms with Crippen LogP contribution in [0, 0.1) is 0 Å². The Bertz CT molecular complexity index is 405. The maximum atomic E-state index is 5.20. The number of thioether (sulfide) groups is 1. The van der Waals surface area contributed by atoms with Crippen LogP contribution in [0.25, 0.3) is 0 Å². The van der Waals surface area contributed by atoms with E-state index in [0.717, 1.165) is 37.2 Å². The van der Waals surface area contributed by atoms with E-state index in [1.54, 1.807) is 11.8 Å². The molecule has 0 amide bonds. The molecule has 2 N–H and O–H groups in total. The molecule has 0 unspecified atom stereocenters. The molecule has 6 nitrogen and oxygen atoms in total. The summed E-state index contributed by atoms with van der Waals surface area (Å²) in [4.78, 5) is 8.82. The smallest absolute Gasteiger partial charge is 0.228 e. The second-order valence-electron chi connectivity index (χ2n) is 4.63. The zero-order valence-electron chi connectivity index (χ0n) is 12.8. The second kappa shape index (κ2) is 9.63. The Morgan fingerprint density at radius 2 is 2.20 bits per heavy atom. The Morgan fingerprint density at radius 1 is 1.40 bits per heavy atom. The van der Waals surface area contributed by atoms with Crippen molar-refractivity contribution in [2.24, 2.45) is 4.99 Å². The second-order valence-corrected chi connectivity index (χ2v) is 5.62. The third kappa shape index (κ3) is 6.27. The van der Waals surface area contributed by atoms with Gasteiger partial charge in [0, 0.05) is 31.2 Å². The number of hydrogen-bond donors (Lipinski definition) is 2. The normalized spacial score (nSPS) is 11.9. The van der Waals surface area contributed by atoms with E-state index >= 15 is 0 Å². The summed E-state index contributed by atoms with van der Waals surface area (Å²) in [6.07, 6.45) is 2.78. The molecule has 0 fully saturated rings. The number of hydrogen-bond acceptors (Lipinski definition) is 5. The molecule has 0 aliphatic rings. The highest BCUT2D eigenvalue weighted by Crippen LogP contribution is 2.09. The highest BCUT2D eigenvalue weighted by Gasteiger charge is 2.09. The Balaban J connectivity index is 2.37. The number of aliphatic imine (C=N–C) groups is 1. The topological polar surface area (TPSA) is 75.3 Å². The molecule has 0 spiro atoms. The van der Waals surface area contributed by atoms with Gasteiger partial charge in [-0.3, -0.25) is 4.99 Å². The van der Waals surface area contributed by atoms with Crippen molar-refractivity contribution in [3.8, 4) is 0 Å². The molecular formula is C13H25N5OS. The number of guanidine groups is 1. The van der Waals surface area contributed by atoms with Crippen LogP contribution < -0.4 is 10.6 Å². The van der Waals surface area contributed by atoms with Gasteiger partial charge in [-0.1, -0.05) is 19.0 Å². The van der Waals surface area contributed by atoms with Gasteiger partial charge in [0.2, 0.25) is 5.89 Å². The zero-order valence-corrected chi connectivity index (χ0v) is 13.6. The van der Waals surface area contributed by atoms with Crippen LogP contribution in [-0.4, -0.2) is 47.7 Å². The summed E-state index contributed by atoms with van der Waals surface area (Å²) in [6, 6.07) is 0. The molecule has 1 heterocycles. The monoisotopic (exact) mass is 299 g/mol. The Kier molecular flexibility index (Phi) is 8.10. The van der Waals surface area contributed by atoms with Crippen molar-refractivity contribution in [3.05, 3.63) is 11.7 Å². The van der Waals surface area contributed by atoms with Crippen molar-refractivity contribution >= 4 is 17.7 Å². The molecule has 1 aromatic heterocycles. The van der Waals surface area contributed by atoms with Gasteiger partial charge in [-0.05, 0) is 13.2 Å². The van der Waals surface area contributed by atoms with Crippen LogP contribution in [-0.2, 0) is 6.42 Å². The summed E-state index contributed by atoms with van der Waals surface area (Å²) in [5, 5.41) is 10.4. The van der Waals surface area contributed by atoms with Crippen LogP contribution in [0.3, 0.4) is 0 Å². The van der Waals surface area contributed by atoms with Gasteiger partial charge in [0.05, 0.1) is 6.54 Å². The van der Waals surface area contributed by atoms with Crippen LogP contribution in [0.1, 0.15) is 38.4 Å². The summed E-state index contributed by atoms with van der Waals surface area (Å²) in [5.74, 6) is 3.59. The molecule has 114 valence electrons. The van der Waals surface area contributed by atoms with Crippen molar-refractivity contribution in [1.29, 1.82) is 0 Å². The van der Waals surface area contributed by atoms with E-state index in [2.05, 4.69) is 52.8 Å². The first-order valence-electron chi connectivity index (χ1n) is 7.01. The molecule has 0 atom stereocenters. The summed E-state index contributed by atoms with van der Waals surface area (Å²) < 4.78 is 5.20. The van der Waals surface area contributed by atoms with Crippen molar-refractivity contribution in [1.82, 2.24) is 20.8 Å². The average molecular weight is 299 g/mol. The van der Waals surface area contributed by atoms with E-state index in [4.69, 9.17) is 4.52 Å². The molecule has 1 rings (SSSR count). The lowest BCUT2D eigenvalue weighted by atomic mass is 10.2. The molecule has 1 aromatic rings. The number of rotatable bonds is 8. The lowest BCUT2D eigenvalue weighted by Crippen LogP contribution is -2.38. The van der Waals surface area contributed by atoms with Crippen LogP contribution in [0.5, 0.6) is 0 Å². The molecule has 0 bridgehead atoms. The molecular weight excluding hydrogens is 274 g/mol. The van der Waals surface area contributed by atoms with Gasteiger partial charge in [0.25, 0.3) is 0 Å². The molecule has 0 saturated heterocycles. The van der Waals surface area contributed by atoms with E-state index in [-0.39, 0.29) is 0 Å². The number of nitrogens with zero attached hydrogens (tertiary/aromatic N) is 3. The van der Waals surface area contributed by atoms with Gasteiger partial charge < -0.3 is 15.2 Å². The van der Waals surface area contributed by atoms with E-state index in [0.29, 0.717) is 18.2 Å². The summed E-state index contributed by atoms with van der Waals surface area (Å²) in [6.45, 7) is 8.55. The minimum Gasteiger partial charge on any atom is -0.357 e. The SMILES string of the molecule is CCNC(=NCCSC)NCCc1nc(C(C)C)no1. The van der Waals surface area contributed by atoms with Crippen LogP contribution in [0.4, 0.5) is 0 Å². The average Bonchev–Trinajstić information content (AvgIpc) is 2.88. The molecule has 0 aromatic carbocycles. The van der Waals surface area contributed by atoms with Crippen molar-refractivity contribution < 1.29 is 4.52 Å². The fourth-order valence-electron chi connectivity index (χ4n) is 1.48. The molecule has 0 saturated carbocycles. The summed E-state index contributed by atoms with van der Waals surface area (Å²) in [7, 11) is 0.